The molecule has 1 aromatic carbocycles. The van der Waals surface area contributed by atoms with Crippen LogP contribution < -0.4 is 4.90 Å². The molecule has 1 saturated carbocycles. The Labute approximate surface area is 217 Å². The molecule has 7 heteroatoms. The van der Waals surface area contributed by atoms with E-state index in [0.717, 1.165) is 60.5 Å². The molecule has 7 nitrogen and oxygen atoms in total. The van der Waals surface area contributed by atoms with Crippen molar-refractivity contribution in [1.82, 2.24) is 10.1 Å². The Morgan fingerprint density at radius 1 is 1.11 bits per heavy atom. The van der Waals surface area contributed by atoms with Crippen LogP contribution in [0.2, 0.25) is 0 Å². The maximum atomic E-state index is 11.5. The molecule has 0 radical (unpaired) electrons. The second kappa shape index (κ2) is 9.28. The predicted octanol–water partition coefficient (Wildman–Crippen LogP) is 6.20. The molecule has 2 aromatic heterocycles. The lowest BCUT2D eigenvalue weighted by atomic mass is 9.95. The summed E-state index contributed by atoms with van der Waals surface area (Å²) in [7, 11) is 0. The average Bonchev–Trinajstić information content (AvgIpc) is 3.58. The molecule has 0 amide bonds. The largest absolute Gasteiger partial charge is 0.478 e. The Morgan fingerprint density at radius 3 is 2.51 bits per heavy atom. The Hall–Kier alpha value is -3.19. The van der Waals surface area contributed by atoms with Crippen LogP contribution in [0, 0.1) is 26.7 Å². The lowest BCUT2D eigenvalue weighted by Crippen LogP contribution is -2.47. The fourth-order valence-electron chi connectivity index (χ4n) is 6.59. The van der Waals surface area contributed by atoms with Crippen LogP contribution in [0.15, 0.2) is 34.9 Å². The first-order valence-corrected chi connectivity index (χ1v) is 13.5. The van der Waals surface area contributed by atoms with Gasteiger partial charge in [-0.2, -0.15) is 0 Å². The minimum Gasteiger partial charge on any atom is -0.478 e. The molecule has 0 spiro atoms. The highest BCUT2D eigenvalue weighted by molar-refractivity contribution is 5.89. The van der Waals surface area contributed by atoms with Gasteiger partial charge in [0.1, 0.15) is 17.3 Å². The van der Waals surface area contributed by atoms with Crippen molar-refractivity contribution in [1.29, 1.82) is 0 Å². The molecule has 2 bridgehead atoms. The van der Waals surface area contributed by atoms with E-state index in [1.807, 2.05) is 6.07 Å². The van der Waals surface area contributed by atoms with Gasteiger partial charge in [0.25, 0.3) is 0 Å². The van der Waals surface area contributed by atoms with Gasteiger partial charge < -0.3 is 19.3 Å². The van der Waals surface area contributed by atoms with Crippen molar-refractivity contribution in [3.05, 3.63) is 64.0 Å². The Bertz CT molecular complexity index is 1320. The third-order valence-electron chi connectivity index (χ3n) is 8.60. The Balaban J connectivity index is 1.22. The summed E-state index contributed by atoms with van der Waals surface area (Å²) < 4.78 is 12.6. The summed E-state index contributed by atoms with van der Waals surface area (Å²) in [6.45, 7) is 8.86. The van der Waals surface area contributed by atoms with Crippen molar-refractivity contribution >= 4 is 11.8 Å². The number of anilines is 1. The molecule has 3 fully saturated rings. The van der Waals surface area contributed by atoms with Crippen molar-refractivity contribution < 1.29 is 19.2 Å². The fraction of sp³-hybridized carbons (Fsp3) is 0.500. The maximum absolute atomic E-state index is 11.5. The zero-order valence-electron chi connectivity index (χ0n) is 22.0. The number of carbonyl (C=O) groups is 1. The SMILES string of the molecule is Cc1cccc(C)c1-c1noc(C2CC2)c1COC1CC2C[C@@H](C)C(C1)N2c1ccc(C(=O)O)c(C)n1. The number of ether oxygens (including phenoxy) is 1. The number of rotatable bonds is 7. The van der Waals surface area contributed by atoms with Crippen LogP contribution in [0.3, 0.4) is 0 Å². The number of fused-ring (bicyclic) bond motifs is 2. The minimum atomic E-state index is -0.931. The van der Waals surface area contributed by atoms with Gasteiger partial charge in [-0.05, 0) is 82.1 Å². The van der Waals surface area contributed by atoms with Gasteiger partial charge in [0.15, 0.2) is 0 Å². The number of hydrogen-bond donors (Lipinski definition) is 1. The number of hydrogen-bond acceptors (Lipinski definition) is 6. The van der Waals surface area contributed by atoms with E-state index in [1.165, 1.54) is 11.1 Å². The molecule has 3 aromatic rings. The minimum absolute atomic E-state index is 0.156. The number of carboxylic acid groups (broad SMARTS) is 1. The highest BCUT2D eigenvalue weighted by atomic mass is 16.5. The van der Waals surface area contributed by atoms with Crippen LogP contribution in [0.4, 0.5) is 5.82 Å². The van der Waals surface area contributed by atoms with Crippen LogP contribution in [0.5, 0.6) is 0 Å². The molecule has 4 heterocycles. The average molecular weight is 502 g/mol. The van der Waals surface area contributed by atoms with Gasteiger partial charge in [-0.3, -0.25) is 0 Å². The van der Waals surface area contributed by atoms with Crippen LogP contribution in [0.25, 0.3) is 11.3 Å². The number of pyridine rings is 1. The van der Waals surface area contributed by atoms with E-state index in [0.29, 0.717) is 36.2 Å². The van der Waals surface area contributed by atoms with E-state index in [2.05, 4.69) is 54.0 Å². The fourth-order valence-corrected chi connectivity index (χ4v) is 6.59. The lowest BCUT2D eigenvalue weighted by molar-refractivity contribution is 0.0134. The van der Waals surface area contributed by atoms with E-state index in [1.54, 1.807) is 13.0 Å². The van der Waals surface area contributed by atoms with Crippen molar-refractivity contribution in [3.63, 3.8) is 0 Å². The van der Waals surface area contributed by atoms with Gasteiger partial charge in [-0.25, -0.2) is 9.78 Å². The van der Waals surface area contributed by atoms with Gasteiger partial charge in [0.05, 0.1) is 24.0 Å². The van der Waals surface area contributed by atoms with E-state index in [9.17, 15) is 9.90 Å². The molecular formula is C30H35N3O4. The summed E-state index contributed by atoms with van der Waals surface area (Å²) in [6, 6.07) is 10.6. The summed E-state index contributed by atoms with van der Waals surface area (Å²) in [5, 5.41) is 13.9. The molecular weight excluding hydrogens is 466 g/mol. The molecule has 194 valence electrons. The van der Waals surface area contributed by atoms with Crippen molar-refractivity contribution in [3.8, 4) is 11.3 Å². The lowest BCUT2D eigenvalue weighted by Gasteiger charge is -2.40. The number of nitrogens with zero attached hydrogens (tertiary/aromatic N) is 3. The summed E-state index contributed by atoms with van der Waals surface area (Å²) in [5.41, 5.74) is 6.44. The van der Waals surface area contributed by atoms with Crippen LogP contribution in [-0.4, -0.2) is 39.4 Å². The molecule has 1 N–H and O–H groups in total. The molecule has 2 saturated heterocycles. The number of aryl methyl sites for hydroxylation is 3. The van der Waals surface area contributed by atoms with Gasteiger partial charge in [0.2, 0.25) is 0 Å². The van der Waals surface area contributed by atoms with Gasteiger partial charge in [-0.15, -0.1) is 0 Å². The first-order chi connectivity index (χ1) is 17.8. The third kappa shape index (κ3) is 4.33. The van der Waals surface area contributed by atoms with Gasteiger partial charge in [-0.1, -0.05) is 30.3 Å². The van der Waals surface area contributed by atoms with E-state index in [4.69, 9.17) is 9.26 Å². The maximum Gasteiger partial charge on any atom is 0.337 e. The van der Waals surface area contributed by atoms with E-state index < -0.39 is 5.97 Å². The monoisotopic (exact) mass is 501 g/mol. The molecule has 6 rings (SSSR count). The first-order valence-electron chi connectivity index (χ1n) is 13.5. The first kappa shape index (κ1) is 24.2. The number of piperidine rings is 1. The number of benzene rings is 1. The highest BCUT2D eigenvalue weighted by Gasteiger charge is 2.46. The number of aromatic carboxylic acids is 1. The summed E-state index contributed by atoms with van der Waals surface area (Å²) >= 11 is 0. The molecule has 37 heavy (non-hydrogen) atoms. The summed E-state index contributed by atoms with van der Waals surface area (Å²) in [4.78, 5) is 18.6. The Kier molecular flexibility index (Phi) is 6.06. The van der Waals surface area contributed by atoms with Crippen LogP contribution in [-0.2, 0) is 11.3 Å². The molecule has 4 atom stereocenters. The molecule has 3 unspecified atom stereocenters. The van der Waals surface area contributed by atoms with Crippen molar-refractivity contribution in [2.75, 3.05) is 4.90 Å². The van der Waals surface area contributed by atoms with E-state index >= 15 is 0 Å². The predicted molar refractivity (Wildman–Crippen MR) is 141 cm³/mol. The van der Waals surface area contributed by atoms with E-state index in [-0.39, 0.29) is 11.7 Å². The zero-order chi connectivity index (χ0) is 25.8. The highest BCUT2D eigenvalue weighted by Crippen LogP contribution is 2.46. The summed E-state index contributed by atoms with van der Waals surface area (Å²) in [5.74, 6) is 1.95. The zero-order valence-corrected chi connectivity index (χ0v) is 22.0. The molecule has 1 aliphatic carbocycles. The molecule has 2 aliphatic heterocycles. The number of aromatic nitrogens is 2. The molecule has 3 aliphatic rings. The Morgan fingerprint density at radius 2 is 1.86 bits per heavy atom. The van der Waals surface area contributed by atoms with Crippen LogP contribution in [0.1, 0.15) is 83.4 Å². The second-order valence-electron chi connectivity index (χ2n) is 11.3. The van der Waals surface area contributed by atoms with Crippen LogP contribution >= 0.6 is 0 Å². The smallest absolute Gasteiger partial charge is 0.337 e. The standard InChI is InChI=1S/C30H35N3O4/c1-16-6-5-7-17(2)27(16)28-24(29(37-32-28)20-8-9-20)15-36-22-13-21-12-18(3)25(14-22)33(21)26-11-10-23(30(34)35)19(4)31-26/h5-7,10-11,18,20-22,25H,8-9,12-15H2,1-4H3,(H,34,35)/t18-,21?,22?,25?/m1/s1. The topological polar surface area (TPSA) is 88.7 Å². The summed E-state index contributed by atoms with van der Waals surface area (Å²) in [6.07, 6.45) is 5.43. The third-order valence-corrected chi connectivity index (χ3v) is 8.60. The second-order valence-corrected chi connectivity index (χ2v) is 11.3. The van der Waals surface area contributed by atoms with Crippen molar-refractivity contribution in [2.24, 2.45) is 5.92 Å². The quantitative estimate of drug-likeness (QED) is 0.412. The van der Waals surface area contributed by atoms with Gasteiger partial charge >= 0.3 is 5.97 Å². The van der Waals surface area contributed by atoms with Gasteiger partial charge in [0, 0.05) is 29.1 Å². The number of carboxylic acids is 1. The normalized spacial score (nSPS) is 25.0. The van der Waals surface area contributed by atoms with Crippen molar-refractivity contribution in [2.45, 2.75) is 90.5 Å².